The van der Waals surface area contributed by atoms with Crippen molar-refractivity contribution >= 4 is 51.9 Å². The molecule has 0 atom stereocenters. The average Bonchev–Trinajstić information content (AvgIpc) is 3.29. The maximum Gasteiger partial charge on any atom is 3.00 e. The average molecular weight is 533 g/mol. The molecule has 0 saturated heterocycles. The van der Waals surface area contributed by atoms with Crippen LogP contribution in [0.3, 0.4) is 0 Å². The molecule has 10 heteroatoms. The number of thiophene rings is 3. The summed E-state index contributed by atoms with van der Waals surface area (Å²) < 4.78 is 0. The van der Waals surface area contributed by atoms with Gasteiger partial charge in [-0.3, -0.25) is 0 Å². The predicted molar refractivity (Wildman–Crippen MR) is 85.9 cm³/mol. The maximum absolute atomic E-state index is 9.96. The van der Waals surface area contributed by atoms with Crippen LogP contribution in [0.2, 0.25) is 0 Å². The van der Waals surface area contributed by atoms with Gasteiger partial charge < -0.3 is 29.7 Å². The van der Waals surface area contributed by atoms with Gasteiger partial charge in [-0.25, -0.2) is 0 Å². The van der Waals surface area contributed by atoms with Crippen molar-refractivity contribution in [2.45, 2.75) is 0 Å². The zero-order valence-corrected chi connectivity index (χ0v) is 17.1. The molecule has 0 radical (unpaired) electrons. The van der Waals surface area contributed by atoms with Crippen LogP contribution < -0.4 is 15.3 Å². The Labute approximate surface area is 195 Å². The fraction of sp³-hybridized carbons (Fsp3) is 0. The van der Waals surface area contributed by atoms with Gasteiger partial charge in [-0.05, 0) is 34.3 Å². The van der Waals surface area contributed by atoms with E-state index >= 15 is 0 Å². The summed E-state index contributed by atoms with van der Waals surface area (Å²) in [6.45, 7) is 0. The number of aromatic carboxylic acids is 3. The van der Waals surface area contributed by atoms with E-state index in [4.69, 9.17) is 0 Å². The Bertz CT molecular complexity index is 646. The second kappa shape index (κ2) is 13.3. The summed E-state index contributed by atoms with van der Waals surface area (Å²) in [7, 11) is 0. The summed E-state index contributed by atoms with van der Waals surface area (Å²) in [5.41, 5.74) is 0. The second-order valence-electron chi connectivity index (χ2n) is 3.79. The summed E-state index contributed by atoms with van der Waals surface area (Å²) in [5, 5.41) is 35.0. The molecule has 25 heavy (non-hydrogen) atoms. The fourth-order valence-corrected chi connectivity index (χ4v) is 2.86. The zero-order valence-electron chi connectivity index (χ0n) is 12.2. The van der Waals surface area contributed by atoms with Crippen molar-refractivity contribution in [1.82, 2.24) is 0 Å². The van der Waals surface area contributed by atoms with E-state index in [1.54, 1.807) is 34.3 Å². The van der Waals surface area contributed by atoms with Crippen molar-refractivity contribution in [1.29, 1.82) is 0 Å². The van der Waals surface area contributed by atoms with Crippen LogP contribution in [0.4, 0.5) is 0 Å². The summed E-state index contributed by atoms with van der Waals surface area (Å²) >= 11 is 3.51. The Kier molecular flexibility index (Phi) is 12.8. The summed E-state index contributed by atoms with van der Waals surface area (Å²) in [6.07, 6.45) is 0. The van der Waals surface area contributed by atoms with Crippen LogP contribution in [-0.4, -0.2) is 17.9 Å². The Hall–Kier alpha value is -0.906. The summed E-state index contributed by atoms with van der Waals surface area (Å²) in [5.74, 6) is -3.29. The van der Waals surface area contributed by atoms with Gasteiger partial charge in [0.25, 0.3) is 0 Å². The minimum atomic E-state index is -1.10. The molecule has 0 bridgehead atoms. The molecule has 0 aliphatic carbocycles. The van der Waals surface area contributed by atoms with Crippen LogP contribution in [0.25, 0.3) is 0 Å². The Morgan fingerprint density at radius 1 is 0.600 bits per heavy atom. The third-order valence-electron chi connectivity index (χ3n) is 2.17. The Balaban J connectivity index is 0.000000339. The number of carboxylic acid groups (broad SMARTS) is 3. The maximum atomic E-state index is 9.96. The van der Waals surface area contributed by atoms with Gasteiger partial charge in [0, 0.05) is 14.6 Å². The Morgan fingerprint density at radius 2 is 0.840 bits per heavy atom. The molecule has 6 nitrogen and oxygen atoms in total. The van der Waals surface area contributed by atoms with E-state index in [0.717, 1.165) is 0 Å². The largest absolute Gasteiger partial charge is 3.00 e. The molecule has 0 unspecified atom stereocenters. The fourth-order valence-electron chi connectivity index (χ4n) is 1.18. The normalized spacial score (nSPS) is 8.64. The van der Waals surface area contributed by atoms with Gasteiger partial charge in [0.1, 0.15) is 0 Å². The first-order valence-electron chi connectivity index (χ1n) is 6.16. The summed E-state index contributed by atoms with van der Waals surface area (Å²) in [4.78, 5) is 30.7. The van der Waals surface area contributed by atoms with E-state index in [1.165, 1.54) is 52.2 Å². The van der Waals surface area contributed by atoms with Crippen molar-refractivity contribution in [3.8, 4) is 0 Å². The second-order valence-corrected chi connectivity index (χ2v) is 6.64. The van der Waals surface area contributed by atoms with Gasteiger partial charge in [-0.2, -0.15) is 0 Å². The smallest absolute Gasteiger partial charge is 0.544 e. The van der Waals surface area contributed by atoms with Crippen LogP contribution in [0.5, 0.6) is 0 Å². The van der Waals surface area contributed by atoms with Crippen LogP contribution >= 0.6 is 34.0 Å². The molecule has 0 aliphatic heterocycles. The number of carbonyl (C=O) groups excluding carboxylic acids is 3. The van der Waals surface area contributed by atoms with E-state index in [-0.39, 0.29) is 64.0 Å². The molecule has 3 rings (SSSR count). The molecule has 0 saturated carbocycles. The first-order chi connectivity index (χ1) is 11.4. The summed E-state index contributed by atoms with van der Waals surface area (Å²) in [6, 6.07) is 9.57. The van der Waals surface area contributed by atoms with Crippen LogP contribution in [0.15, 0.2) is 52.5 Å². The van der Waals surface area contributed by atoms with Crippen molar-refractivity contribution in [3.05, 3.63) is 67.2 Å². The molecule has 0 amide bonds. The van der Waals surface area contributed by atoms with Gasteiger partial charge in [0.05, 0.1) is 17.9 Å². The van der Waals surface area contributed by atoms with E-state index in [9.17, 15) is 29.7 Å². The number of carboxylic acids is 3. The Morgan fingerprint density at radius 3 is 0.920 bits per heavy atom. The van der Waals surface area contributed by atoms with Gasteiger partial charge in [-0.1, -0.05) is 18.2 Å². The van der Waals surface area contributed by atoms with Gasteiger partial charge >= 0.3 is 49.4 Å². The molecule has 3 aromatic rings. The number of hydrogen-bond acceptors (Lipinski definition) is 9. The molecular formula is C15H9EuO6S3. The van der Waals surface area contributed by atoms with Gasteiger partial charge in [0.2, 0.25) is 0 Å². The van der Waals surface area contributed by atoms with Crippen molar-refractivity contribution in [3.63, 3.8) is 0 Å². The third-order valence-corrected chi connectivity index (χ3v) is 4.72. The SMILES string of the molecule is O=C([O-])c1cccs1.O=C([O-])c1cccs1.O=C([O-])c1cccs1.[Eu+3]. The minimum Gasteiger partial charge on any atom is -0.544 e. The first-order valence-corrected chi connectivity index (χ1v) is 8.80. The first kappa shape index (κ1) is 24.1. The molecule has 0 N–H and O–H groups in total. The number of carbonyl (C=O) groups is 3. The van der Waals surface area contributed by atoms with Crippen molar-refractivity contribution in [2.75, 3.05) is 0 Å². The van der Waals surface area contributed by atoms with Gasteiger partial charge in [0.15, 0.2) is 0 Å². The molecule has 3 heterocycles. The third kappa shape index (κ3) is 9.98. The quantitative estimate of drug-likeness (QED) is 0.479. The standard InChI is InChI=1S/3C5H4O2S.Eu/c3*6-5(7)4-2-1-3-8-4;/h3*1-3H,(H,6,7);/q;;;+3/p-3. The molecule has 3 aromatic heterocycles. The molecule has 0 spiro atoms. The molecular weight excluding hydrogens is 524 g/mol. The molecule has 0 fully saturated rings. The number of rotatable bonds is 3. The van der Waals surface area contributed by atoms with Crippen molar-refractivity contribution in [2.24, 2.45) is 0 Å². The van der Waals surface area contributed by atoms with E-state index < -0.39 is 17.9 Å². The molecule has 130 valence electrons. The van der Waals surface area contributed by atoms with E-state index in [1.807, 2.05) is 0 Å². The van der Waals surface area contributed by atoms with Crippen molar-refractivity contribution < 1.29 is 79.1 Å². The zero-order chi connectivity index (χ0) is 17.9. The van der Waals surface area contributed by atoms with Crippen LogP contribution in [-0.2, 0) is 0 Å². The monoisotopic (exact) mass is 534 g/mol. The van der Waals surface area contributed by atoms with Crippen LogP contribution in [0.1, 0.15) is 29.0 Å². The van der Waals surface area contributed by atoms with E-state index in [0.29, 0.717) is 0 Å². The molecule has 0 aliphatic rings. The van der Waals surface area contributed by atoms with E-state index in [2.05, 4.69) is 0 Å². The minimum absolute atomic E-state index is 0. The van der Waals surface area contributed by atoms with Gasteiger partial charge in [-0.15, -0.1) is 34.0 Å². The predicted octanol–water partition coefficient (Wildman–Crippen LogP) is 0.335. The number of hydrogen-bond donors (Lipinski definition) is 0. The topological polar surface area (TPSA) is 120 Å². The van der Waals surface area contributed by atoms with Crippen LogP contribution in [0, 0.1) is 49.4 Å². The molecule has 0 aromatic carbocycles.